The zero-order valence-electron chi connectivity index (χ0n) is 11.2. The number of halogens is 3. The summed E-state index contributed by atoms with van der Waals surface area (Å²) in [7, 11) is 3.17. The average Bonchev–Trinajstić information content (AvgIpc) is 2.36. The number of carbonyl (C=O) groups is 1. The summed E-state index contributed by atoms with van der Waals surface area (Å²) >= 11 is 1.03. The Balaban J connectivity index is 3.05. The van der Waals surface area contributed by atoms with Crippen LogP contribution in [0.4, 0.5) is 13.2 Å². The molecule has 0 aromatic heterocycles. The van der Waals surface area contributed by atoms with Crippen LogP contribution in [0.5, 0.6) is 0 Å². The molecule has 20 heavy (non-hydrogen) atoms. The maximum Gasteiger partial charge on any atom is 0.417 e. The van der Waals surface area contributed by atoms with E-state index in [1.807, 2.05) is 0 Å². The fourth-order valence-electron chi connectivity index (χ4n) is 1.55. The molecule has 1 aromatic carbocycles. The lowest BCUT2D eigenvalue weighted by Crippen LogP contribution is -2.29. The number of thioether (sulfide) groups is 1. The topological polar surface area (TPSA) is 44.1 Å². The van der Waals surface area contributed by atoms with E-state index in [4.69, 9.17) is 5.26 Å². The van der Waals surface area contributed by atoms with Gasteiger partial charge in [-0.05, 0) is 25.1 Å². The van der Waals surface area contributed by atoms with Crippen LogP contribution >= 0.6 is 11.8 Å². The Kier molecular flexibility index (Phi) is 5.06. The zero-order chi connectivity index (χ0) is 15.5. The fraction of sp³-hybridized carbons (Fsp3) is 0.385. The van der Waals surface area contributed by atoms with E-state index in [9.17, 15) is 18.0 Å². The molecule has 3 nitrogen and oxygen atoms in total. The summed E-state index contributed by atoms with van der Waals surface area (Å²) in [4.78, 5) is 13.4. The molecule has 0 bridgehead atoms. The molecule has 0 saturated heterocycles. The lowest BCUT2D eigenvalue weighted by molar-refractivity contribution is -0.138. The molecule has 0 spiro atoms. The first-order chi connectivity index (χ1) is 9.16. The Bertz CT molecular complexity index is 550. The van der Waals surface area contributed by atoms with E-state index in [-0.39, 0.29) is 5.91 Å². The monoisotopic (exact) mass is 302 g/mol. The first-order valence-corrected chi connectivity index (χ1v) is 6.54. The summed E-state index contributed by atoms with van der Waals surface area (Å²) in [6.07, 6.45) is -4.59. The lowest BCUT2D eigenvalue weighted by Gasteiger charge is -2.17. The maximum absolute atomic E-state index is 12.8. The molecule has 0 unspecified atom stereocenters. The summed E-state index contributed by atoms with van der Waals surface area (Å²) in [5, 5.41) is 8.20. The Morgan fingerprint density at radius 1 is 1.40 bits per heavy atom. The van der Waals surface area contributed by atoms with Gasteiger partial charge in [0.1, 0.15) is 0 Å². The predicted octanol–water partition coefficient (Wildman–Crippen LogP) is 3.15. The number of amides is 1. The molecule has 0 radical (unpaired) electrons. The van der Waals surface area contributed by atoms with Gasteiger partial charge in [-0.2, -0.15) is 18.4 Å². The van der Waals surface area contributed by atoms with Gasteiger partial charge in [-0.3, -0.25) is 4.79 Å². The smallest absolute Gasteiger partial charge is 0.348 e. The number of nitriles is 1. The van der Waals surface area contributed by atoms with E-state index in [0.717, 1.165) is 23.9 Å². The summed E-state index contributed by atoms with van der Waals surface area (Å²) in [5.74, 6) is -0.187. The fourth-order valence-corrected chi connectivity index (χ4v) is 2.60. The number of nitrogens with zero attached hydrogens (tertiary/aromatic N) is 2. The van der Waals surface area contributed by atoms with Crippen molar-refractivity contribution in [3.8, 4) is 6.07 Å². The van der Waals surface area contributed by atoms with Gasteiger partial charge in [-0.25, -0.2) is 0 Å². The molecule has 1 aromatic rings. The van der Waals surface area contributed by atoms with Crippen LogP contribution in [-0.2, 0) is 11.0 Å². The van der Waals surface area contributed by atoms with Crippen LogP contribution in [0.2, 0.25) is 0 Å². The zero-order valence-corrected chi connectivity index (χ0v) is 12.0. The second-order valence-electron chi connectivity index (χ2n) is 4.31. The van der Waals surface area contributed by atoms with Gasteiger partial charge in [-0.15, -0.1) is 11.8 Å². The molecule has 0 aliphatic heterocycles. The first-order valence-electron chi connectivity index (χ1n) is 5.66. The van der Waals surface area contributed by atoms with Crippen molar-refractivity contribution >= 4 is 17.7 Å². The molecule has 1 amide bonds. The Morgan fingerprint density at radius 2 is 2.00 bits per heavy atom. The van der Waals surface area contributed by atoms with E-state index in [0.29, 0.717) is 4.90 Å². The molecule has 0 fully saturated rings. The van der Waals surface area contributed by atoms with Crippen LogP contribution in [0.15, 0.2) is 23.1 Å². The minimum absolute atomic E-state index is 0.187. The molecule has 7 heteroatoms. The standard InChI is InChI=1S/C13H13F3N2OS/c1-8(12(19)18(2)3)20-10-5-4-9(7-17)11(6-10)13(14,15)16/h4-6,8H,1-3H3/t8-/m1/s1. The molecule has 108 valence electrons. The summed E-state index contributed by atoms with van der Waals surface area (Å²) in [6.45, 7) is 1.62. The number of hydrogen-bond acceptors (Lipinski definition) is 3. The van der Waals surface area contributed by atoms with Crippen molar-refractivity contribution in [3.05, 3.63) is 29.3 Å². The molecule has 1 rings (SSSR count). The maximum atomic E-state index is 12.8. The number of rotatable bonds is 3. The largest absolute Gasteiger partial charge is 0.417 e. The van der Waals surface area contributed by atoms with Crippen molar-refractivity contribution in [2.45, 2.75) is 23.2 Å². The highest BCUT2D eigenvalue weighted by molar-refractivity contribution is 8.00. The Labute approximate surface area is 119 Å². The third-order valence-electron chi connectivity index (χ3n) is 2.52. The van der Waals surface area contributed by atoms with Gasteiger partial charge in [0, 0.05) is 19.0 Å². The number of carbonyl (C=O) groups excluding carboxylic acids is 1. The van der Waals surface area contributed by atoms with Crippen molar-refractivity contribution in [1.82, 2.24) is 4.90 Å². The van der Waals surface area contributed by atoms with Crippen molar-refractivity contribution in [1.29, 1.82) is 5.26 Å². The molecular formula is C13H13F3N2OS. The second kappa shape index (κ2) is 6.18. The molecule has 0 aliphatic rings. The Morgan fingerprint density at radius 3 is 2.45 bits per heavy atom. The van der Waals surface area contributed by atoms with Crippen LogP contribution in [0.25, 0.3) is 0 Å². The van der Waals surface area contributed by atoms with Crippen molar-refractivity contribution < 1.29 is 18.0 Å². The third kappa shape index (κ3) is 3.90. The van der Waals surface area contributed by atoms with E-state index >= 15 is 0 Å². The van der Waals surface area contributed by atoms with Crippen molar-refractivity contribution in [2.75, 3.05) is 14.1 Å². The number of benzene rings is 1. The van der Waals surface area contributed by atoms with Crippen LogP contribution < -0.4 is 0 Å². The van der Waals surface area contributed by atoms with Gasteiger partial charge in [0.25, 0.3) is 0 Å². The van der Waals surface area contributed by atoms with Gasteiger partial charge >= 0.3 is 6.18 Å². The Hall–Kier alpha value is -1.68. The summed E-state index contributed by atoms with van der Waals surface area (Å²) < 4.78 is 38.4. The van der Waals surface area contributed by atoms with Gasteiger partial charge in [0.05, 0.1) is 22.4 Å². The van der Waals surface area contributed by atoms with E-state index in [2.05, 4.69) is 0 Å². The SMILES string of the molecule is C[C@@H](Sc1ccc(C#N)c(C(F)(F)F)c1)C(=O)N(C)C. The van der Waals surface area contributed by atoms with Crippen LogP contribution in [-0.4, -0.2) is 30.2 Å². The summed E-state index contributed by atoms with van der Waals surface area (Å²) in [5.41, 5.74) is -1.40. The van der Waals surface area contributed by atoms with E-state index < -0.39 is 22.6 Å². The minimum Gasteiger partial charge on any atom is -0.348 e. The molecule has 1 atom stereocenters. The van der Waals surface area contributed by atoms with Crippen LogP contribution in [0, 0.1) is 11.3 Å². The van der Waals surface area contributed by atoms with Gasteiger partial charge < -0.3 is 4.90 Å². The number of hydrogen-bond donors (Lipinski definition) is 0. The molecule has 0 aliphatic carbocycles. The molecular weight excluding hydrogens is 289 g/mol. The molecule has 0 heterocycles. The summed E-state index contributed by atoms with van der Waals surface area (Å²) in [6, 6.07) is 4.96. The minimum atomic E-state index is -4.59. The highest BCUT2D eigenvalue weighted by Gasteiger charge is 2.34. The van der Waals surface area contributed by atoms with Crippen LogP contribution in [0.3, 0.4) is 0 Å². The highest BCUT2D eigenvalue weighted by Crippen LogP contribution is 2.35. The van der Waals surface area contributed by atoms with Gasteiger partial charge in [-0.1, -0.05) is 0 Å². The van der Waals surface area contributed by atoms with Crippen LogP contribution in [0.1, 0.15) is 18.1 Å². The van der Waals surface area contributed by atoms with Gasteiger partial charge in [0.2, 0.25) is 5.91 Å². The van der Waals surface area contributed by atoms with Crippen molar-refractivity contribution in [2.24, 2.45) is 0 Å². The first kappa shape index (κ1) is 16.4. The van der Waals surface area contributed by atoms with Crippen molar-refractivity contribution in [3.63, 3.8) is 0 Å². The predicted molar refractivity (Wildman–Crippen MR) is 70.2 cm³/mol. The highest BCUT2D eigenvalue weighted by atomic mass is 32.2. The third-order valence-corrected chi connectivity index (χ3v) is 3.60. The van der Waals surface area contributed by atoms with E-state index in [1.165, 1.54) is 17.0 Å². The molecule has 0 saturated carbocycles. The molecule has 0 N–H and O–H groups in total. The second-order valence-corrected chi connectivity index (χ2v) is 5.72. The quantitative estimate of drug-likeness (QED) is 0.806. The number of alkyl halides is 3. The van der Waals surface area contributed by atoms with E-state index in [1.54, 1.807) is 21.0 Å². The van der Waals surface area contributed by atoms with Gasteiger partial charge in [0.15, 0.2) is 0 Å². The lowest BCUT2D eigenvalue weighted by atomic mass is 10.1. The average molecular weight is 302 g/mol. The normalized spacial score (nSPS) is 12.7.